The molecule has 0 aliphatic rings. The molecule has 2 rings (SSSR count). The summed E-state index contributed by atoms with van der Waals surface area (Å²) in [5, 5.41) is 12.8. The molecule has 0 bridgehead atoms. The quantitative estimate of drug-likeness (QED) is 0.820. The van der Waals surface area contributed by atoms with E-state index in [-0.39, 0.29) is 6.61 Å². The molecule has 96 valence electrons. The Morgan fingerprint density at radius 3 is 2.94 bits per heavy atom. The molecule has 0 unspecified atom stereocenters. The van der Waals surface area contributed by atoms with Crippen molar-refractivity contribution in [3.05, 3.63) is 30.3 Å². The van der Waals surface area contributed by atoms with Gasteiger partial charge in [-0.2, -0.15) is 4.98 Å². The van der Waals surface area contributed by atoms with Gasteiger partial charge in [-0.3, -0.25) is 9.88 Å². The summed E-state index contributed by atoms with van der Waals surface area (Å²) in [6, 6.07) is 5.55. The summed E-state index contributed by atoms with van der Waals surface area (Å²) in [4.78, 5) is 10.5. The second kappa shape index (κ2) is 6.23. The Kier molecular flexibility index (Phi) is 4.38. The molecule has 0 saturated heterocycles. The van der Waals surface area contributed by atoms with E-state index >= 15 is 0 Å². The van der Waals surface area contributed by atoms with Gasteiger partial charge in [-0.15, -0.1) is 0 Å². The first-order chi connectivity index (χ1) is 8.83. The first-order valence-corrected chi connectivity index (χ1v) is 5.90. The lowest BCUT2D eigenvalue weighted by molar-refractivity contribution is 0.180. The molecule has 0 aromatic carbocycles. The van der Waals surface area contributed by atoms with E-state index in [1.807, 2.05) is 30.0 Å². The van der Waals surface area contributed by atoms with Gasteiger partial charge in [-0.25, -0.2) is 0 Å². The van der Waals surface area contributed by atoms with E-state index in [4.69, 9.17) is 9.63 Å². The maximum absolute atomic E-state index is 8.91. The number of likely N-dealkylation sites (N-methyl/N-ethyl adjacent to an activating group) is 1. The van der Waals surface area contributed by atoms with Crippen LogP contribution in [-0.4, -0.2) is 44.8 Å². The number of nitrogens with zero attached hydrogens (tertiary/aromatic N) is 4. The van der Waals surface area contributed by atoms with Crippen LogP contribution in [0.4, 0.5) is 0 Å². The van der Waals surface area contributed by atoms with Gasteiger partial charge >= 0.3 is 0 Å². The summed E-state index contributed by atoms with van der Waals surface area (Å²) in [5.41, 5.74) is 0.692. The van der Waals surface area contributed by atoms with Crippen LogP contribution in [0.15, 0.2) is 28.9 Å². The van der Waals surface area contributed by atoms with Crippen LogP contribution < -0.4 is 0 Å². The van der Waals surface area contributed by atoms with Crippen LogP contribution in [0.25, 0.3) is 11.5 Å². The number of rotatable bonds is 6. The highest BCUT2D eigenvalue weighted by Crippen LogP contribution is 2.12. The Hall–Kier alpha value is -1.79. The second-order valence-corrected chi connectivity index (χ2v) is 3.82. The lowest BCUT2D eigenvalue weighted by Crippen LogP contribution is -2.26. The number of aliphatic hydroxyl groups is 1. The van der Waals surface area contributed by atoms with Crippen LogP contribution in [0.2, 0.25) is 0 Å². The van der Waals surface area contributed by atoms with Gasteiger partial charge in [0.05, 0.1) is 13.2 Å². The summed E-state index contributed by atoms with van der Waals surface area (Å²) in [7, 11) is 0. The van der Waals surface area contributed by atoms with Crippen molar-refractivity contribution < 1.29 is 9.63 Å². The molecule has 0 amide bonds. The van der Waals surface area contributed by atoms with E-state index in [9.17, 15) is 0 Å². The standard InChI is InChI=1S/C12H16N4O2/c1-2-16(7-8-17)9-11-14-12(15-18-11)10-5-3-4-6-13-10/h3-6,17H,2,7-9H2,1H3. The topological polar surface area (TPSA) is 75.3 Å². The molecular formula is C12H16N4O2. The van der Waals surface area contributed by atoms with Crippen molar-refractivity contribution in [3.63, 3.8) is 0 Å². The van der Waals surface area contributed by atoms with Crippen LogP contribution in [0.3, 0.4) is 0 Å². The lowest BCUT2D eigenvalue weighted by atomic mass is 10.3. The highest BCUT2D eigenvalue weighted by molar-refractivity contribution is 5.46. The van der Waals surface area contributed by atoms with Crippen molar-refractivity contribution >= 4 is 0 Å². The van der Waals surface area contributed by atoms with Gasteiger partial charge in [0.25, 0.3) is 0 Å². The molecule has 6 heteroatoms. The van der Waals surface area contributed by atoms with E-state index in [1.165, 1.54) is 0 Å². The minimum Gasteiger partial charge on any atom is -0.395 e. The third-order valence-electron chi connectivity index (χ3n) is 2.58. The predicted molar refractivity (Wildman–Crippen MR) is 65.6 cm³/mol. The monoisotopic (exact) mass is 248 g/mol. The largest absolute Gasteiger partial charge is 0.395 e. The molecule has 0 radical (unpaired) electrons. The Morgan fingerprint density at radius 2 is 2.28 bits per heavy atom. The summed E-state index contributed by atoms with van der Waals surface area (Å²) < 4.78 is 5.17. The van der Waals surface area contributed by atoms with Crippen LogP contribution in [0.5, 0.6) is 0 Å². The van der Waals surface area contributed by atoms with Crippen molar-refractivity contribution in [3.8, 4) is 11.5 Å². The Labute approximate surface area is 105 Å². The lowest BCUT2D eigenvalue weighted by Gasteiger charge is -2.15. The van der Waals surface area contributed by atoms with Crippen molar-refractivity contribution in [1.82, 2.24) is 20.0 Å². The molecule has 1 N–H and O–H groups in total. The molecule has 2 heterocycles. The summed E-state index contributed by atoms with van der Waals surface area (Å²) in [6.07, 6.45) is 1.69. The maximum atomic E-state index is 8.91. The zero-order chi connectivity index (χ0) is 12.8. The van der Waals surface area contributed by atoms with Crippen molar-refractivity contribution in [1.29, 1.82) is 0 Å². The molecule has 0 spiro atoms. The fraction of sp³-hybridized carbons (Fsp3) is 0.417. The second-order valence-electron chi connectivity index (χ2n) is 3.82. The number of hydrogen-bond acceptors (Lipinski definition) is 6. The summed E-state index contributed by atoms with van der Waals surface area (Å²) >= 11 is 0. The molecule has 0 aliphatic carbocycles. The average molecular weight is 248 g/mol. The third-order valence-corrected chi connectivity index (χ3v) is 2.58. The molecule has 2 aromatic heterocycles. The molecule has 18 heavy (non-hydrogen) atoms. The molecule has 2 aromatic rings. The number of aliphatic hydroxyl groups excluding tert-OH is 1. The summed E-state index contributed by atoms with van der Waals surface area (Å²) in [5.74, 6) is 1.02. The Balaban J connectivity index is 2.06. The fourth-order valence-corrected chi connectivity index (χ4v) is 1.60. The van der Waals surface area contributed by atoms with Crippen LogP contribution in [0.1, 0.15) is 12.8 Å². The molecular weight excluding hydrogens is 232 g/mol. The van der Waals surface area contributed by atoms with Crippen molar-refractivity contribution in [2.45, 2.75) is 13.5 Å². The van der Waals surface area contributed by atoms with Gasteiger partial charge < -0.3 is 9.63 Å². The molecule has 0 saturated carbocycles. The molecule has 0 aliphatic heterocycles. The molecule has 0 atom stereocenters. The van der Waals surface area contributed by atoms with Gasteiger partial charge in [0.2, 0.25) is 11.7 Å². The highest BCUT2D eigenvalue weighted by Gasteiger charge is 2.12. The van der Waals surface area contributed by atoms with Crippen molar-refractivity contribution in [2.24, 2.45) is 0 Å². The van der Waals surface area contributed by atoms with E-state index in [1.54, 1.807) is 6.20 Å². The molecule has 0 fully saturated rings. The Bertz CT molecular complexity index is 472. The number of hydrogen-bond donors (Lipinski definition) is 1. The minimum atomic E-state index is 0.120. The van der Waals surface area contributed by atoms with E-state index in [0.29, 0.717) is 30.5 Å². The third kappa shape index (κ3) is 3.12. The highest BCUT2D eigenvalue weighted by atomic mass is 16.5. The number of aromatic nitrogens is 3. The molecule has 6 nitrogen and oxygen atoms in total. The van der Waals surface area contributed by atoms with Gasteiger partial charge in [-0.1, -0.05) is 18.1 Å². The van der Waals surface area contributed by atoms with Crippen LogP contribution in [0, 0.1) is 0 Å². The van der Waals surface area contributed by atoms with E-state index in [2.05, 4.69) is 15.1 Å². The van der Waals surface area contributed by atoms with Crippen LogP contribution >= 0.6 is 0 Å². The van der Waals surface area contributed by atoms with E-state index in [0.717, 1.165) is 6.54 Å². The average Bonchev–Trinajstić information content (AvgIpc) is 2.88. The minimum absolute atomic E-state index is 0.120. The maximum Gasteiger partial charge on any atom is 0.241 e. The normalized spacial score (nSPS) is 11.1. The number of pyridine rings is 1. The first-order valence-electron chi connectivity index (χ1n) is 5.90. The van der Waals surface area contributed by atoms with Gasteiger partial charge in [-0.05, 0) is 18.7 Å². The fourth-order valence-electron chi connectivity index (χ4n) is 1.60. The zero-order valence-electron chi connectivity index (χ0n) is 10.3. The van der Waals surface area contributed by atoms with Gasteiger partial charge in [0.1, 0.15) is 5.69 Å². The van der Waals surface area contributed by atoms with Crippen LogP contribution in [-0.2, 0) is 6.54 Å². The summed E-state index contributed by atoms with van der Waals surface area (Å²) in [6.45, 7) is 4.09. The smallest absolute Gasteiger partial charge is 0.241 e. The van der Waals surface area contributed by atoms with E-state index < -0.39 is 0 Å². The zero-order valence-corrected chi connectivity index (χ0v) is 10.3. The predicted octanol–water partition coefficient (Wildman–Crippen LogP) is 0.946. The Morgan fingerprint density at radius 1 is 1.39 bits per heavy atom. The van der Waals surface area contributed by atoms with Gasteiger partial charge in [0, 0.05) is 12.7 Å². The van der Waals surface area contributed by atoms with Crippen molar-refractivity contribution in [2.75, 3.05) is 19.7 Å². The first kappa shape index (κ1) is 12.7. The van der Waals surface area contributed by atoms with Gasteiger partial charge in [0.15, 0.2) is 0 Å². The SMILES string of the molecule is CCN(CCO)Cc1nc(-c2ccccn2)no1.